The zero-order valence-corrected chi connectivity index (χ0v) is 15.8. The quantitative estimate of drug-likeness (QED) is 0.686. The van der Waals surface area contributed by atoms with Crippen LogP contribution in [0.2, 0.25) is 0 Å². The maximum atomic E-state index is 12.2. The van der Waals surface area contributed by atoms with Gasteiger partial charge < -0.3 is 15.4 Å². The lowest BCUT2D eigenvalue weighted by atomic mass is 10.0. The third kappa shape index (κ3) is 5.41. The van der Waals surface area contributed by atoms with Gasteiger partial charge in [0.15, 0.2) is 0 Å². The summed E-state index contributed by atoms with van der Waals surface area (Å²) in [6.45, 7) is 2.20. The fourth-order valence-electron chi connectivity index (χ4n) is 2.48. The van der Waals surface area contributed by atoms with E-state index in [1.807, 2.05) is 24.3 Å². The van der Waals surface area contributed by atoms with Crippen LogP contribution in [0.25, 0.3) is 0 Å². The number of hydrogen-bond donors (Lipinski definition) is 2. The number of halogens is 1. The number of methoxy groups -OCH3 is 1. The van der Waals surface area contributed by atoms with E-state index in [-0.39, 0.29) is 18.5 Å². The third-order valence-corrected chi connectivity index (χ3v) is 4.32. The third-order valence-electron chi connectivity index (χ3n) is 3.80. The van der Waals surface area contributed by atoms with Crippen LogP contribution in [-0.2, 0) is 9.53 Å². The minimum atomic E-state index is -0.481. The molecule has 0 aliphatic heterocycles. The molecule has 2 aromatic carbocycles. The van der Waals surface area contributed by atoms with Gasteiger partial charge in [-0.1, -0.05) is 47.1 Å². The SMILES string of the molecule is CC[C@@H](NCC(=O)Nc1ccccc1C(=O)OC)c1ccc(Br)cc1. The molecule has 2 rings (SSSR count). The lowest BCUT2D eigenvalue weighted by Crippen LogP contribution is -2.31. The van der Waals surface area contributed by atoms with Crippen molar-refractivity contribution in [1.82, 2.24) is 5.32 Å². The van der Waals surface area contributed by atoms with Gasteiger partial charge in [-0.25, -0.2) is 4.79 Å². The number of carbonyl (C=O) groups excluding carboxylic acids is 2. The first kappa shape index (κ1) is 19.1. The molecule has 0 radical (unpaired) electrons. The normalized spacial score (nSPS) is 11.6. The Morgan fingerprint density at radius 3 is 2.44 bits per heavy atom. The highest BCUT2D eigenvalue weighted by Gasteiger charge is 2.15. The minimum Gasteiger partial charge on any atom is -0.465 e. The van der Waals surface area contributed by atoms with E-state index >= 15 is 0 Å². The Balaban J connectivity index is 1.98. The van der Waals surface area contributed by atoms with Crippen LogP contribution in [0.4, 0.5) is 5.69 Å². The first-order valence-corrected chi connectivity index (χ1v) is 8.80. The molecule has 1 amide bonds. The number of ether oxygens (including phenoxy) is 1. The largest absolute Gasteiger partial charge is 0.465 e. The topological polar surface area (TPSA) is 67.4 Å². The highest BCUT2D eigenvalue weighted by atomic mass is 79.9. The van der Waals surface area contributed by atoms with E-state index in [9.17, 15) is 9.59 Å². The second-order valence-electron chi connectivity index (χ2n) is 5.48. The van der Waals surface area contributed by atoms with E-state index in [0.29, 0.717) is 11.3 Å². The molecule has 0 heterocycles. The molecule has 2 aromatic rings. The van der Waals surface area contributed by atoms with Crippen LogP contribution in [0.5, 0.6) is 0 Å². The Hall–Kier alpha value is -2.18. The lowest BCUT2D eigenvalue weighted by Gasteiger charge is -2.17. The molecule has 0 aliphatic rings. The summed E-state index contributed by atoms with van der Waals surface area (Å²) in [5.41, 5.74) is 1.89. The van der Waals surface area contributed by atoms with Crippen molar-refractivity contribution in [3.63, 3.8) is 0 Å². The van der Waals surface area contributed by atoms with Gasteiger partial charge >= 0.3 is 5.97 Å². The fourth-order valence-corrected chi connectivity index (χ4v) is 2.75. The molecule has 0 fully saturated rings. The van der Waals surface area contributed by atoms with Gasteiger partial charge in [0, 0.05) is 10.5 Å². The Morgan fingerprint density at radius 2 is 1.80 bits per heavy atom. The van der Waals surface area contributed by atoms with Gasteiger partial charge in [-0.15, -0.1) is 0 Å². The molecule has 0 spiro atoms. The molecule has 0 unspecified atom stereocenters. The van der Waals surface area contributed by atoms with E-state index < -0.39 is 5.97 Å². The molecule has 2 N–H and O–H groups in total. The predicted molar refractivity (Wildman–Crippen MR) is 102 cm³/mol. The highest BCUT2D eigenvalue weighted by molar-refractivity contribution is 9.10. The summed E-state index contributed by atoms with van der Waals surface area (Å²) < 4.78 is 5.75. The minimum absolute atomic E-state index is 0.0784. The number of hydrogen-bond acceptors (Lipinski definition) is 4. The molecule has 0 saturated carbocycles. The van der Waals surface area contributed by atoms with Gasteiger partial charge in [0.05, 0.1) is 24.9 Å². The average Bonchev–Trinajstić information content (AvgIpc) is 2.63. The van der Waals surface area contributed by atoms with Crippen LogP contribution < -0.4 is 10.6 Å². The summed E-state index contributed by atoms with van der Waals surface area (Å²) in [4.78, 5) is 24.0. The second-order valence-corrected chi connectivity index (χ2v) is 6.39. The molecule has 0 aliphatic carbocycles. The fraction of sp³-hybridized carbons (Fsp3) is 0.263. The Morgan fingerprint density at radius 1 is 1.12 bits per heavy atom. The molecular formula is C19H21BrN2O3. The van der Waals surface area contributed by atoms with Gasteiger partial charge in [-0.05, 0) is 36.2 Å². The summed E-state index contributed by atoms with van der Waals surface area (Å²) in [6.07, 6.45) is 0.855. The van der Waals surface area contributed by atoms with Crippen LogP contribution in [0.1, 0.15) is 35.3 Å². The van der Waals surface area contributed by atoms with Crippen LogP contribution in [0.15, 0.2) is 53.0 Å². The number of carbonyl (C=O) groups is 2. The Kier molecular flexibility index (Phi) is 7.16. The van der Waals surface area contributed by atoms with Gasteiger partial charge in [0.1, 0.15) is 0 Å². The van der Waals surface area contributed by atoms with E-state index in [1.165, 1.54) is 7.11 Å². The smallest absolute Gasteiger partial charge is 0.339 e. The van der Waals surface area contributed by atoms with Crippen LogP contribution in [-0.4, -0.2) is 25.5 Å². The monoisotopic (exact) mass is 404 g/mol. The summed E-state index contributed by atoms with van der Waals surface area (Å²) >= 11 is 3.42. The molecule has 0 saturated heterocycles. The molecular weight excluding hydrogens is 384 g/mol. The van der Waals surface area contributed by atoms with Gasteiger partial charge in [0.25, 0.3) is 0 Å². The molecule has 6 heteroatoms. The van der Waals surface area contributed by atoms with Crippen molar-refractivity contribution < 1.29 is 14.3 Å². The first-order valence-electron chi connectivity index (χ1n) is 8.01. The van der Waals surface area contributed by atoms with Crippen LogP contribution in [0, 0.1) is 0 Å². The standard InChI is InChI=1S/C19H21BrN2O3/c1-3-16(13-8-10-14(20)11-9-13)21-12-18(23)22-17-7-5-4-6-15(17)19(24)25-2/h4-11,16,21H,3,12H2,1-2H3,(H,22,23)/t16-/m1/s1. The summed E-state index contributed by atoms with van der Waals surface area (Å²) in [6, 6.07) is 14.9. The van der Waals surface area contributed by atoms with Crippen molar-refractivity contribution in [2.24, 2.45) is 0 Å². The van der Waals surface area contributed by atoms with Crippen LogP contribution in [0.3, 0.4) is 0 Å². The van der Waals surface area contributed by atoms with E-state index in [0.717, 1.165) is 16.5 Å². The highest BCUT2D eigenvalue weighted by Crippen LogP contribution is 2.19. The molecule has 25 heavy (non-hydrogen) atoms. The molecule has 132 valence electrons. The van der Waals surface area contributed by atoms with Gasteiger partial charge in [-0.3, -0.25) is 4.79 Å². The molecule has 0 aromatic heterocycles. The van der Waals surface area contributed by atoms with E-state index in [4.69, 9.17) is 4.74 Å². The summed E-state index contributed by atoms with van der Waals surface area (Å²) in [5, 5.41) is 6.00. The van der Waals surface area contributed by atoms with Crippen molar-refractivity contribution in [2.75, 3.05) is 19.0 Å². The van der Waals surface area contributed by atoms with Crippen LogP contribution >= 0.6 is 15.9 Å². The maximum absolute atomic E-state index is 12.2. The second kappa shape index (κ2) is 9.34. The zero-order chi connectivity index (χ0) is 18.2. The van der Waals surface area contributed by atoms with Crippen molar-refractivity contribution in [3.05, 3.63) is 64.1 Å². The number of amides is 1. The number of benzene rings is 2. The number of para-hydroxylation sites is 1. The molecule has 1 atom stereocenters. The summed E-state index contributed by atoms with van der Waals surface area (Å²) in [5.74, 6) is -0.697. The Bertz CT molecular complexity index is 732. The number of anilines is 1. The van der Waals surface area contributed by atoms with Gasteiger partial charge in [0.2, 0.25) is 5.91 Å². The van der Waals surface area contributed by atoms with Crippen molar-refractivity contribution >= 4 is 33.5 Å². The number of nitrogens with one attached hydrogen (secondary N) is 2. The molecule has 5 nitrogen and oxygen atoms in total. The first-order chi connectivity index (χ1) is 12.0. The van der Waals surface area contributed by atoms with Crippen molar-refractivity contribution in [1.29, 1.82) is 0 Å². The maximum Gasteiger partial charge on any atom is 0.339 e. The van der Waals surface area contributed by atoms with E-state index in [2.05, 4.69) is 33.5 Å². The van der Waals surface area contributed by atoms with Gasteiger partial charge in [-0.2, -0.15) is 0 Å². The number of rotatable bonds is 7. The van der Waals surface area contributed by atoms with Crippen molar-refractivity contribution in [2.45, 2.75) is 19.4 Å². The number of esters is 1. The lowest BCUT2D eigenvalue weighted by molar-refractivity contribution is -0.115. The average molecular weight is 405 g/mol. The Labute approximate surface area is 155 Å². The van der Waals surface area contributed by atoms with E-state index in [1.54, 1.807) is 24.3 Å². The predicted octanol–water partition coefficient (Wildman–Crippen LogP) is 3.92. The van der Waals surface area contributed by atoms with Crippen molar-refractivity contribution in [3.8, 4) is 0 Å². The molecule has 0 bridgehead atoms. The zero-order valence-electron chi connectivity index (χ0n) is 14.2. The summed E-state index contributed by atoms with van der Waals surface area (Å²) in [7, 11) is 1.31.